The van der Waals surface area contributed by atoms with Crippen LogP contribution in [0.2, 0.25) is 0 Å². The number of hydrazine groups is 1. The number of nitrogens with zero attached hydrogens (tertiary/aromatic N) is 2. The summed E-state index contributed by atoms with van der Waals surface area (Å²) in [6.07, 6.45) is -2.50. The van der Waals surface area contributed by atoms with E-state index in [9.17, 15) is 13.2 Å². The molecule has 0 saturated carbocycles. The SMILES string of the molecule is COc1cccc(C(C(=N)N(N)CCc2ccccc2)C2CCN(CC(F)(F)F)CC2)c1OC. The molecule has 0 bridgehead atoms. The molecule has 0 aliphatic carbocycles. The Hall–Kier alpha value is -2.78. The van der Waals surface area contributed by atoms with Crippen LogP contribution in [0.4, 0.5) is 13.2 Å². The zero-order valence-corrected chi connectivity index (χ0v) is 19.6. The molecule has 2 aromatic rings. The summed E-state index contributed by atoms with van der Waals surface area (Å²) in [5.74, 6) is 7.16. The number of alkyl halides is 3. The Kier molecular flexibility index (Phi) is 8.79. The minimum absolute atomic E-state index is 0.0548. The van der Waals surface area contributed by atoms with E-state index in [1.54, 1.807) is 20.3 Å². The van der Waals surface area contributed by atoms with Gasteiger partial charge in [0.1, 0.15) is 5.84 Å². The van der Waals surface area contributed by atoms with Gasteiger partial charge in [-0.1, -0.05) is 42.5 Å². The number of nitrogens with two attached hydrogens (primary N) is 1. The Bertz CT molecular complexity index is 932. The number of ether oxygens (including phenoxy) is 2. The lowest BCUT2D eigenvalue weighted by molar-refractivity contribution is -0.148. The zero-order chi connectivity index (χ0) is 24.7. The third-order valence-electron chi connectivity index (χ3n) is 6.36. The molecule has 1 unspecified atom stereocenters. The average molecular weight is 479 g/mol. The van der Waals surface area contributed by atoms with Crippen molar-refractivity contribution in [3.8, 4) is 11.5 Å². The van der Waals surface area contributed by atoms with Crippen molar-refractivity contribution in [3.05, 3.63) is 59.7 Å². The molecule has 1 heterocycles. The molecule has 1 atom stereocenters. The fraction of sp³-hybridized carbons (Fsp3) is 0.480. The van der Waals surface area contributed by atoms with Crippen molar-refractivity contribution in [2.75, 3.05) is 40.4 Å². The van der Waals surface area contributed by atoms with E-state index in [2.05, 4.69) is 0 Å². The molecule has 9 heteroatoms. The van der Waals surface area contributed by atoms with Crippen LogP contribution in [0.15, 0.2) is 48.5 Å². The highest BCUT2D eigenvalue weighted by molar-refractivity contribution is 5.87. The number of methoxy groups -OCH3 is 2. The summed E-state index contributed by atoms with van der Waals surface area (Å²) < 4.78 is 49.7. The van der Waals surface area contributed by atoms with Crippen molar-refractivity contribution in [1.82, 2.24) is 9.91 Å². The molecule has 0 radical (unpaired) electrons. The fourth-order valence-corrected chi connectivity index (χ4v) is 4.67. The number of likely N-dealkylation sites (tertiary alicyclic amines) is 1. The molecular weight excluding hydrogens is 445 g/mol. The number of rotatable bonds is 9. The maximum absolute atomic E-state index is 12.9. The number of hydrogen-bond donors (Lipinski definition) is 2. The van der Waals surface area contributed by atoms with Crippen LogP contribution in [0.1, 0.15) is 29.9 Å². The third kappa shape index (κ3) is 6.64. The minimum Gasteiger partial charge on any atom is -0.493 e. The smallest absolute Gasteiger partial charge is 0.401 e. The molecule has 1 aliphatic rings. The van der Waals surface area contributed by atoms with Gasteiger partial charge in [-0.3, -0.25) is 15.3 Å². The first kappa shape index (κ1) is 25.8. The number of halogens is 3. The van der Waals surface area contributed by atoms with Crippen LogP contribution < -0.4 is 15.3 Å². The Morgan fingerprint density at radius 2 is 1.76 bits per heavy atom. The minimum atomic E-state index is -4.22. The molecule has 0 spiro atoms. The second-order valence-corrected chi connectivity index (χ2v) is 8.60. The Morgan fingerprint density at radius 1 is 1.09 bits per heavy atom. The number of hydrogen-bond acceptors (Lipinski definition) is 5. The van der Waals surface area contributed by atoms with Gasteiger partial charge in [-0.05, 0) is 49.9 Å². The van der Waals surface area contributed by atoms with Gasteiger partial charge in [0.05, 0.1) is 20.8 Å². The predicted octanol–water partition coefficient (Wildman–Crippen LogP) is 4.46. The average Bonchev–Trinajstić information content (AvgIpc) is 2.83. The van der Waals surface area contributed by atoms with Gasteiger partial charge >= 0.3 is 6.18 Å². The lowest BCUT2D eigenvalue weighted by Crippen LogP contribution is -2.46. The second kappa shape index (κ2) is 11.6. The summed E-state index contributed by atoms with van der Waals surface area (Å²) in [6.45, 7) is 0.159. The van der Waals surface area contributed by atoms with E-state index in [-0.39, 0.29) is 11.8 Å². The van der Waals surface area contributed by atoms with Gasteiger partial charge in [-0.2, -0.15) is 13.2 Å². The summed E-state index contributed by atoms with van der Waals surface area (Å²) in [7, 11) is 3.09. The fourth-order valence-electron chi connectivity index (χ4n) is 4.67. The molecule has 2 aromatic carbocycles. The number of nitrogens with one attached hydrogen (secondary N) is 1. The molecule has 0 amide bonds. The normalized spacial score (nSPS) is 16.2. The van der Waals surface area contributed by atoms with Gasteiger partial charge < -0.3 is 9.47 Å². The second-order valence-electron chi connectivity index (χ2n) is 8.60. The third-order valence-corrected chi connectivity index (χ3v) is 6.36. The van der Waals surface area contributed by atoms with Gasteiger partial charge in [0.2, 0.25) is 0 Å². The maximum atomic E-state index is 12.9. The monoisotopic (exact) mass is 478 g/mol. The number of para-hydroxylation sites is 1. The number of piperidine rings is 1. The van der Waals surface area contributed by atoms with E-state index in [4.69, 9.17) is 20.7 Å². The molecule has 1 saturated heterocycles. The molecule has 1 fully saturated rings. The molecule has 3 N–H and O–H groups in total. The number of benzene rings is 2. The first-order valence-corrected chi connectivity index (χ1v) is 11.4. The maximum Gasteiger partial charge on any atom is 0.401 e. The Labute approximate surface area is 198 Å². The highest BCUT2D eigenvalue weighted by Crippen LogP contribution is 2.42. The standard InChI is InChI=1S/C25H33F3N4O2/c1-33-21-10-6-9-20(23(21)34-2)22(19-12-14-31(15-13-19)17-25(26,27)28)24(29)32(30)16-11-18-7-4-3-5-8-18/h3-10,19,22,29H,11-17,30H2,1-2H3. The van der Waals surface area contributed by atoms with Crippen LogP contribution in [0, 0.1) is 11.3 Å². The van der Waals surface area contributed by atoms with Crippen molar-refractivity contribution < 1.29 is 22.6 Å². The summed E-state index contributed by atoms with van der Waals surface area (Å²) >= 11 is 0. The van der Waals surface area contributed by atoms with E-state index >= 15 is 0 Å². The van der Waals surface area contributed by atoms with Crippen LogP contribution >= 0.6 is 0 Å². The van der Waals surface area contributed by atoms with Crippen LogP contribution in [-0.2, 0) is 6.42 Å². The van der Waals surface area contributed by atoms with Gasteiger partial charge in [0.15, 0.2) is 11.5 Å². The van der Waals surface area contributed by atoms with Gasteiger partial charge in [-0.15, -0.1) is 0 Å². The predicted molar refractivity (Wildman–Crippen MR) is 126 cm³/mol. The van der Waals surface area contributed by atoms with Crippen LogP contribution in [0.3, 0.4) is 0 Å². The van der Waals surface area contributed by atoms with Gasteiger partial charge in [-0.25, -0.2) is 5.84 Å². The van der Waals surface area contributed by atoms with Crippen LogP contribution in [0.5, 0.6) is 11.5 Å². The van der Waals surface area contributed by atoms with E-state index in [0.717, 1.165) is 11.1 Å². The first-order chi connectivity index (χ1) is 16.2. The lowest BCUT2D eigenvalue weighted by Gasteiger charge is -2.38. The van der Waals surface area contributed by atoms with Crippen molar-refractivity contribution in [3.63, 3.8) is 0 Å². The van der Waals surface area contributed by atoms with E-state index in [0.29, 0.717) is 50.4 Å². The zero-order valence-electron chi connectivity index (χ0n) is 19.6. The van der Waals surface area contributed by atoms with Crippen LogP contribution in [-0.4, -0.2) is 62.3 Å². The Balaban J connectivity index is 1.83. The van der Waals surface area contributed by atoms with Crippen molar-refractivity contribution >= 4 is 5.84 Å². The molecule has 34 heavy (non-hydrogen) atoms. The molecule has 0 aromatic heterocycles. The van der Waals surface area contributed by atoms with E-state index in [1.165, 1.54) is 9.91 Å². The highest BCUT2D eigenvalue weighted by atomic mass is 19.4. The summed E-state index contributed by atoms with van der Waals surface area (Å²) in [4.78, 5) is 1.43. The van der Waals surface area contributed by atoms with E-state index in [1.807, 2.05) is 42.5 Å². The summed E-state index contributed by atoms with van der Waals surface area (Å²) in [5.41, 5.74) is 1.87. The lowest BCUT2D eigenvalue weighted by atomic mass is 9.78. The molecule has 186 valence electrons. The van der Waals surface area contributed by atoms with Crippen molar-refractivity contribution in [2.24, 2.45) is 11.8 Å². The molecule has 3 rings (SSSR count). The van der Waals surface area contributed by atoms with Gasteiger partial charge in [0.25, 0.3) is 0 Å². The first-order valence-electron chi connectivity index (χ1n) is 11.4. The summed E-state index contributed by atoms with van der Waals surface area (Å²) in [5, 5.41) is 10.4. The molecular formula is C25H33F3N4O2. The number of amidine groups is 1. The Morgan fingerprint density at radius 3 is 2.35 bits per heavy atom. The molecule has 6 nitrogen and oxygen atoms in total. The van der Waals surface area contributed by atoms with Crippen molar-refractivity contribution in [1.29, 1.82) is 5.41 Å². The van der Waals surface area contributed by atoms with Crippen LogP contribution in [0.25, 0.3) is 0 Å². The topological polar surface area (TPSA) is 74.8 Å². The van der Waals surface area contributed by atoms with E-state index < -0.39 is 18.6 Å². The quantitative estimate of drug-likeness (QED) is 0.241. The highest BCUT2D eigenvalue weighted by Gasteiger charge is 2.37. The largest absolute Gasteiger partial charge is 0.493 e. The van der Waals surface area contributed by atoms with Gasteiger partial charge in [0, 0.05) is 18.0 Å². The molecule has 1 aliphatic heterocycles. The van der Waals surface area contributed by atoms with Crippen molar-refractivity contribution in [2.45, 2.75) is 31.4 Å². The summed E-state index contributed by atoms with van der Waals surface area (Å²) in [6, 6.07) is 15.4.